The molecule has 5 heteroatoms. The molecule has 0 spiro atoms. The van der Waals surface area contributed by atoms with Crippen LogP contribution in [0.2, 0.25) is 0 Å². The highest BCUT2D eigenvalue weighted by molar-refractivity contribution is 5.44. The van der Waals surface area contributed by atoms with Crippen molar-refractivity contribution in [3.05, 3.63) is 24.4 Å². The van der Waals surface area contributed by atoms with Crippen molar-refractivity contribution in [2.24, 2.45) is 5.73 Å². The molecule has 2 heterocycles. The summed E-state index contributed by atoms with van der Waals surface area (Å²) in [5.41, 5.74) is 6.89. The Morgan fingerprint density at radius 3 is 2.79 bits per heavy atom. The summed E-state index contributed by atoms with van der Waals surface area (Å²) < 4.78 is 1.84. The highest BCUT2D eigenvalue weighted by atomic mass is 15.4. The molecule has 3 rings (SSSR count). The Morgan fingerprint density at radius 2 is 2.11 bits per heavy atom. The molecule has 0 radical (unpaired) electrons. The van der Waals surface area contributed by atoms with E-state index in [1.165, 1.54) is 0 Å². The smallest absolute Gasteiger partial charge is 0.245 e. The van der Waals surface area contributed by atoms with Crippen molar-refractivity contribution in [3.8, 4) is 0 Å². The number of nitrogens with zero attached hydrogens (tertiary/aromatic N) is 4. The zero-order chi connectivity index (χ0) is 13.2. The third-order valence-electron chi connectivity index (χ3n) is 4.01. The average Bonchev–Trinajstić information content (AvgIpc) is 2.85. The standard InChI is InChI=1S/C14H21N5/c1-2-18(12-8-6-11(15)7-9-12)14-16-13-5-3-4-10-19(13)17-14/h3-5,10-12H,2,6-9,15H2,1H3. The first-order valence-electron chi connectivity index (χ1n) is 7.11. The van der Waals surface area contributed by atoms with E-state index in [0.717, 1.165) is 43.8 Å². The second-order valence-electron chi connectivity index (χ2n) is 5.27. The summed E-state index contributed by atoms with van der Waals surface area (Å²) in [6.07, 6.45) is 6.44. The van der Waals surface area contributed by atoms with Crippen LogP contribution in [-0.4, -0.2) is 33.2 Å². The number of hydrogen-bond donors (Lipinski definition) is 1. The Balaban J connectivity index is 1.85. The number of pyridine rings is 1. The summed E-state index contributed by atoms with van der Waals surface area (Å²) in [4.78, 5) is 6.94. The number of nitrogens with two attached hydrogens (primary N) is 1. The number of hydrogen-bond acceptors (Lipinski definition) is 4. The summed E-state index contributed by atoms with van der Waals surface area (Å²) in [5.74, 6) is 0.842. The van der Waals surface area contributed by atoms with Gasteiger partial charge in [-0.1, -0.05) is 6.07 Å². The molecular weight excluding hydrogens is 238 g/mol. The van der Waals surface area contributed by atoms with Crippen LogP contribution in [0.3, 0.4) is 0 Å². The van der Waals surface area contributed by atoms with Crippen LogP contribution in [0.5, 0.6) is 0 Å². The van der Waals surface area contributed by atoms with E-state index < -0.39 is 0 Å². The minimum atomic E-state index is 0.379. The Kier molecular flexibility index (Phi) is 3.38. The molecule has 0 unspecified atom stereocenters. The van der Waals surface area contributed by atoms with Gasteiger partial charge in [0.25, 0.3) is 0 Å². The molecule has 0 amide bonds. The van der Waals surface area contributed by atoms with Gasteiger partial charge in [0.2, 0.25) is 5.95 Å². The topological polar surface area (TPSA) is 59.5 Å². The fourth-order valence-electron chi connectivity index (χ4n) is 2.92. The molecule has 1 fully saturated rings. The Morgan fingerprint density at radius 1 is 1.32 bits per heavy atom. The molecule has 1 aliphatic carbocycles. The van der Waals surface area contributed by atoms with Gasteiger partial charge >= 0.3 is 0 Å². The maximum Gasteiger partial charge on any atom is 0.245 e. The Hall–Kier alpha value is -1.62. The van der Waals surface area contributed by atoms with E-state index in [4.69, 9.17) is 5.73 Å². The van der Waals surface area contributed by atoms with Crippen molar-refractivity contribution in [3.63, 3.8) is 0 Å². The Bertz CT molecular complexity index is 509. The second-order valence-corrected chi connectivity index (χ2v) is 5.27. The van der Waals surface area contributed by atoms with Crippen molar-refractivity contribution in [1.29, 1.82) is 0 Å². The van der Waals surface area contributed by atoms with Crippen molar-refractivity contribution in [1.82, 2.24) is 14.6 Å². The molecule has 0 bridgehead atoms. The fraction of sp³-hybridized carbons (Fsp3) is 0.571. The molecule has 0 saturated heterocycles. The molecule has 2 aromatic rings. The second kappa shape index (κ2) is 5.17. The highest BCUT2D eigenvalue weighted by Gasteiger charge is 2.25. The van der Waals surface area contributed by atoms with Crippen molar-refractivity contribution in [2.45, 2.75) is 44.7 Å². The van der Waals surface area contributed by atoms with Crippen LogP contribution in [0.1, 0.15) is 32.6 Å². The molecule has 2 N–H and O–H groups in total. The molecule has 102 valence electrons. The van der Waals surface area contributed by atoms with Crippen LogP contribution in [0.4, 0.5) is 5.95 Å². The first-order valence-corrected chi connectivity index (χ1v) is 7.11. The van der Waals surface area contributed by atoms with Gasteiger partial charge in [0.15, 0.2) is 5.65 Å². The van der Waals surface area contributed by atoms with Gasteiger partial charge < -0.3 is 10.6 Å². The lowest BCUT2D eigenvalue weighted by Crippen LogP contribution is -2.41. The molecule has 5 nitrogen and oxygen atoms in total. The monoisotopic (exact) mass is 259 g/mol. The fourth-order valence-corrected chi connectivity index (χ4v) is 2.92. The number of aromatic nitrogens is 3. The SMILES string of the molecule is CCN(c1nc2ccccn2n1)C1CCC(N)CC1. The molecule has 0 aromatic carbocycles. The normalized spacial score (nSPS) is 23.7. The average molecular weight is 259 g/mol. The van der Waals surface area contributed by atoms with Crippen molar-refractivity contribution in [2.75, 3.05) is 11.4 Å². The van der Waals surface area contributed by atoms with Crippen LogP contribution < -0.4 is 10.6 Å². The highest BCUT2D eigenvalue weighted by Crippen LogP contribution is 2.25. The van der Waals surface area contributed by atoms with Crippen LogP contribution in [0, 0.1) is 0 Å². The van der Waals surface area contributed by atoms with Gasteiger partial charge in [0, 0.05) is 24.8 Å². The first kappa shape index (κ1) is 12.4. The van der Waals surface area contributed by atoms with E-state index in [1.807, 2.05) is 28.9 Å². The van der Waals surface area contributed by atoms with Crippen LogP contribution in [0.15, 0.2) is 24.4 Å². The van der Waals surface area contributed by atoms with Crippen molar-refractivity contribution >= 4 is 11.6 Å². The quantitative estimate of drug-likeness (QED) is 0.913. The Labute approximate surface area is 113 Å². The minimum absolute atomic E-state index is 0.379. The van der Waals surface area contributed by atoms with E-state index in [1.54, 1.807) is 0 Å². The van der Waals surface area contributed by atoms with Gasteiger partial charge in [-0.2, -0.15) is 4.98 Å². The van der Waals surface area contributed by atoms with E-state index in [-0.39, 0.29) is 0 Å². The summed E-state index contributed by atoms with van der Waals surface area (Å²) in [6.45, 7) is 3.11. The molecule has 1 aliphatic rings. The summed E-state index contributed by atoms with van der Waals surface area (Å²) in [5, 5.41) is 4.58. The molecule has 0 atom stereocenters. The van der Waals surface area contributed by atoms with Crippen LogP contribution >= 0.6 is 0 Å². The lowest BCUT2D eigenvalue weighted by molar-refractivity contribution is 0.375. The van der Waals surface area contributed by atoms with E-state index in [9.17, 15) is 0 Å². The summed E-state index contributed by atoms with van der Waals surface area (Å²) in [6, 6.07) is 6.86. The molecule has 2 aromatic heterocycles. The van der Waals surface area contributed by atoms with Gasteiger partial charge in [0.05, 0.1) is 0 Å². The van der Waals surface area contributed by atoms with Gasteiger partial charge in [-0.05, 0) is 44.7 Å². The molecular formula is C14H21N5. The predicted octanol–water partition coefficient (Wildman–Crippen LogP) is 1.83. The first-order chi connectivity index (χ1) is 9.28. The predicted molar refractivity (Wildman–Crippen MR) is 76.2 cm³/mol. The number of anilines is 1. The van der Waals surface area contributed by atoms with Crippen LogP contribution in [0.25, 0.3) is 5.65 Å². The van der Waals surface area contributed by atoms with Gasteiger partial charge in [-0.25, -0.2) is 4.52 Å². The summed E-state index contributed by atoms with van der Waals surface area (Å²) in [7, 11) is 0. The zero-order valence-corrected chi connectivity index (χ0v) is 11.4. The van der Waals surface area contributed by atoms with E-state index >= 15 is 0 Å². The van der Waals surface area contributed by atoms with E-state index in [0.29, 0.717) is 12.1 Å². The minimum Gasteiger partial charge on any atom is -0.337 e. The number of rotatable bonds is 3. The number of fused-ring (bicyclic) bond motifs is 1. The third-order valence-corrected chi connectivity index (χ3v) is 4.01. The largest absolute Gasteiger partial charge is 0.337 e. The maximum atomic E-state index is 5.98. The van der Waals surface area contributed by atoms with Gasteiger partial charge in [-0.3, -0.25) is 0 Å². The molecule has 0 aliphatic heterocycles. The molecule has 1 saturated carbocycles. The van der Waals surface area contributed by atoms with Crippen molar-refractivity contribution < 1.29 is 0 Å². The van der Waals surface area contributed by atoms with Gasteiger partial charge in [-0.15, -0.1) is 5.10 Å². The lowest BCUT2D eigenvalue weighted by Gasteiger charge is -2.34. The van der Waals surface area contributed by atoms with Crippen LogP contribution in [-0.2, 0) is 0 Å². The summed E-state index contributed by atoms with van der Waals surface area (Å²) >= 11 is 0. The van der Waals surface area contributed by atoms with Gasteiger partial charge in [0.1, 0.15) is 0 Å². The zero-order valence-electron chi connectivity index (χ0n) is 11.4. The lowest BCUT2D eigenvalue weighted by atomic mass is 9.91. The third kappa shape index (κ3) is 2.42. The molecule has 19 heavy (non-hydrogen) atoms. The van der Waals surface area contributed by atoms with E-state index in [2.05, 4.69) is 21.9 Å². The maximum absolute atomic E-state index is 5.98.